The van der Waals surface area contributed by atoms with E-state index >= 15 is 0 Å². The third-order valence-electron chi connectivity index (χ3n) is 2.25. The van der Waals surface area contributed by atoms with Gasteiger partial charge in [-0.25, -0.2) is 0 Å². The molecule has 84 valence electrons. The van der Waals surface area contributed by atoms with Gasteiger partial charge in [-0.15, -0.1) is 0 Å². The van der Waals surface area contributed by atoms with E-state index in [1.807, 2.05) is 25.3 Å². The van der Waals surface area contributed by atoms with Crippen molar-refractivity contribution in [3.63, 3.8) is 0 Å². The van der Waals surface area contributed by atoms with E-state index in [1.165, 1.54) is 0 Å². The summed E-state index contributed by atoms with van der Waals surface area (Å²) in [6.07, 6.45) is 2.80. The van der Waals surface area contributed by atoms with Crippen LogP contribution in [0.3, 0.4) is 0 Å². The molecule has 0 aromatic carbocycles. The van der Waals surface area contributed by atoms with Crippen LogP contribution in [0, 0.1) is 0 Å². The first-order valence-electron chi connectivity index (χ1n) is 5.60. The van der Waals surface area contributed by atoms with Crippen molar-refractivity contribution in [2.45, 2.75) is 26.3 Å². The van der Waals surface area contributed by atoms with Crippen molar-refractivity contribution in [2.75, 3.05) is 19.8 Å². The molecule has 0 fully saturated rings. The minimum Gasteiger partial charge on any atom is -0.382 e. The van der Waals surface area contributed by atoms with Gasteiger partial charge in [-0.1, -0.05) is 13.0 Å². The molecule has 1 aromatic heterocycles. The van der Waals surface area contributed by atoms with Crippen LogP contribution in [0.1, 0.15) is 32.0 Å². The van der Waals surface area contributed by atoms with E-state index in [2.05, 4.69) is 23.3 Å². The van der Waals surface area contributed by atoms with Crippen molar-refractivity contribution in [1.82, 2.24) is 10.3 Å². The van der Waals surface area contributed by atoms with E-state index in [9.17, 15) is 0 Å². The molecule has 0 radical (unpaired) electrons. The fourth-order valence-electron chi connectivity index (χ4n) is 1.53. The maximum Gasteiger partial charge on any atom is 0.0574 e. The Labute approximate surface area is 91.9 Å². The highest BCUT2D eigenvalue weighted by Crippen LogP contribution is 2.13. The number of nitrogens with zero attached hydrogens (tertiary/aromatic N) is 1. The SMILES string of the molecule is CCNC(CCOCC)c1ccccn1. The summed E-state index contributed by atoms with van der Waals surface area (Å²) in [6.45, 7) is 6.64. The predicted molar refractivity (Wildman–Crippen MR) is 61.8 cm³/mol. The van der Waals surface area contributed by atoms with Crippen LogP contribution in [0.2, 0.25) is 0 Å². The molecule has 1 heterocycles. The van der Waals surface area contributed by atoms with E-state index in [0.29, 0.717) is 6.04 Å². The maximum atomic E-state index is 5.36. The normalized spacial score (nSPS) is 12.7. The van der Waals surface area contributed by atoms with Crippen LogP contribution < -0.4 is 5.32 Å². The average molecular weight is 208 g/mol. The van der Waals surface area contributed by atoms with Crippen LogP contribution >= 0.6 is 0 Å². The number of hydrogen-bond acceptors (Lipinski definition) is 3. The lowest BCUT2D eigenvalue weighted by molar-refractivity contribution is 0.136. The van der Waals surface area contributed by atoms with Crippen molar-refractivity contribution < 1.29 is 4.74 Å². The Morgan fingerprint density at radius 3 is 2.87 bits per heavy atom. The van der Waals surface area contributed by atoms with Crippen LogP contribution in [0.4, 0.5) is 0 Å². The highest BCUT2D eigenvalue weighted by atomic mass is 16.5. The van der Waals surface area contributed by atoms with Gasteiger partial charge in [0.2, 0.25) is 0 Å². The molecule has 0 aliphatic carbocycles. The monoisotopic (exact) mass is 208 g/mol. The van der Waals surface area contributed by atoms with Crippen molar-refractivity contribution >= 4 is 0 Å². The molecular formula is C12H20N2O. The molecule has 3 heteroatoms. The third kappa shape index (κ3) is 4.40. The first-order valence-corrected chi connectivity index (χ1v) is 5.60. The summed E-state index contributed by atoms with van der Waals surface area (Å²) in [5.74, 6) is 0. The molecule has 3 nitrogen and oxygen atoms in total. The summed E-state index contributed by atoms with van der Waals surface area (Å²) < 4.78 is 5.36. The Morgan fingerprint density at radius 2 is 2.27 bits per heavy atom. The van der Waals surface area contributed by atoms with Crippen molar-refractivity contribution in [3.8, 4) is 0 Å². The highest BCUT2D eigenvalue weighted by molar-refractivity contribution is 5.08. The summed E-state index contributed by atoms with van der Waals surface area (Å²) in [5, 5.41) is 3.42. The summed E-state index contributed by atoms with van der Waals surface area (Å²) >= 11 is 0. The second-order valence-electron chi connectivity index (χ2n) is 3.35. The number of aromatic nitrogens is 1. The molecule has 0 saturated carbocycles. The quantitative estimate of drug-likeness (QED) is 0.697. The third-order valence-corrected chi connectivity index (χ3v) is 2.25. The standard InChI is InChI=1S/C12H20N2O/c1-3-13-12(8-10-15-4-2)11-7-5-6-9-14-11/h5-7,9,12-13H,3-4,8,10H2,1-2H3. The summed E-state index contributed by atoms with van der Waals surface area (Å²) in [5.41, 5.74) is 1.10. The van der Waals surface area contributed by atoms with Gasteiger partial charge < -0.3 is 10.1 Å². The van der Waals surface area contributed by atoms with Crippen molar-refractivity contribution in [3.05, 3.63) is 30.1 Å². The maximum absolute atomic E-state index is 5.36. The van der Waals surface area contributed by atoms with Gasteiger partial charge in [-0.3, -0.25) is 4.98 Å². The summed E-state index contributed by atoms with van der Waals surface area (Å²) in [7, 11) is 0. The van der Waals surface area contributed by atoms with Gasteiger partial charge in [0.1, 0.15) is 0 Å². The molecule has 0 aliphatic rings. The highest BCUT2D eigenvalue weighted by Gasteiger charge is 2.10. The van der Waals surface area contributed by atoms with Crippen LogP contribution in [0.25, 0.3) is 0 Å². The fourth-order valence-corrected chi connectivity index (χ4v) is 1.53. The van der Waals surface area contributed by atoms with E-state index in [-0.39, 0.29) is 0 Å². The molecule has 0 spiro atoms. The second-order valence-corrected chi connectivity index (χ2v) is 3.35. The summed E-state index contributed by atoms with van der Waals surface area (Å²) in [6, 6.07) is 6.32. The average Bonchev–Trinajstić information content (AvgIpc) is 2.29. The first-order chi connectivity index (χ1) is 7.38. The van der Waals surface area contributed by atoms with Gasteiger partial charge in [-0.05, 0) is 32.0 Å². The molecule has 1 unspecified atom stereocenters. The number of pyridine rings is 1. The number of rotatable bonds is 7. The number of nitrogens with one attached hydrogen (secondary N) is 1. The Bertz CT molecular complexity index is 251. The molecular weight excluding hydrogens is 188 g/mol. The Balaban J connectivity index is 2.50. The van der Waals surface area contributed by atoms with Gasteiger partial charge in [0.25, 0.3) is 0 Å². The zero-order valence-electron chi connectivity index (χ0n) is 9.57. The van der Waals surface area contributed by atoms with Crippen molar-refractivity contribution in [2.24, 2.45) is 0 Å². The molecule has 0 aliphatic heterocycles. The van der Waals surface area contributed by atoms with E-state index < -0.39 is 0 Å². The molecule has 1 N–H and O–H groups in total. The lowest BCUT2D eigenvalue weighted by Crippen LogP contribution is -2.23. The minimum atomic E-state index is 0.308. The van der Waals surface area contributed by atoms with Crippen LogP contribution in [0.15, 0.2) is 24.4 Å². The largest absolute Gasteiger partial charge is 0.382 e. The molecule has 0 saturated heterocycles. The lowest BCUT2D eigenvalue weighted by atomic mass is 10.1. The van der Waals surface area contributed by atoms with Crippen LogP contribution in [0.5, 0.6) is 0 Å². The Kier molecular flexibility index (Phi) is 5.97. The van der Waals surface area contributed by atoms with Gasteiger partial charge in [-0.2, -0.15) is 0 Å². The topological polar surface area (TPSA) is 34.1 Å². The van der Waals surface area contributed by atoms with E-state index in [1.54, 1.807) is 0 Å². The van der Waals surface area contributed by atoms with Gasteiger partial charge in [0.15, 0.2) is 0 Å². The minimum absolute atomic E-state index is 0.308. The molecule has 1 rings (SSSR count). The zero-order valence-corrected chi connectivity index (χ0v) is 9.57. The van der Waals surface area contributed by atoms with Gasteiger partial charge in [0.05, 0.1) is 11.7 Å². The summed E-state index contributed by atoms with van der Waals surface area (Å²) in [4.78, 5) is 4.36. The zero-order chi connectivity index (χ0) is 10.9. The van der Waals surface area contributed by atoms with E-state index in [0.717, 1.165) is 31.9 Å². The van der Waals surface area contributed by atoms with E-state index in [4.69, 9.17) is 4.74 Å². The van der Waals surface area contributed by atoms with Crippen LogP contribution in [-0.2, 0) is 4.74 Å². The first kappa shape index (κ1) is 12.1. The molecule has 1 atom stereocenters. The number of ether oxygens (including phenoxy) is 1. The molecule has 0 bridgehead atoms. The lowest BCUT2D eigenvalue weighted by Gasteiger charge is -2.16. The van der Waals surface area contributed by atoms with Gasteiger partial charge in [0, 0.05) is 19.4 Å². The molecule has 0 amide bonds. The second kappa shape index (κ2) is 7.37. The Hall–Kier alpha value is -0.930. The van der Waals surface area contributed by atoms with Crippen molar-refractivity contribution in [1.29, 1.82) is 0 Å². The number of hydrogen-bond donors (Lipinski definition) is 1. The molecule has 15 heavy (non-hydrogen) atoms. The van der Waals surface area contributed by atoms with Crippen LogP contribution in [-0.4, -0.2) is 24.7 Å². The smallest absolute Gasteiger partial charge is 0.0574 e. The molecule has 1 aromatic rings. The Morgan fingerprint density at radius 1 is 1.40 bits per heavy atom. The predicted octanol–water partition coefficient (Wildman–Crippen LogP) is 2.16. The fraction of sp³-hybridized carbons (Fsp3) is 0.583. The van der Waals surface area contributed by atoms with Gasteiger partial charge >= 0.3 is 0 Å².